The standard InChI is InChI=1S/C11H13FN4O/c12-6-1-2-14-9(3-6)16-4-7-8(5-16)10(7)11(13)15-17/h1-3,7-8,10,17H,4-5H2,(H2,13,15)/t7-,8+,10+. The Kier molecular flexibility index (Phi) is 2.25. The average molecular weight is 236 g/mol. The van der Waals surface area contributed by atoms with E-state index in [0.29, 0.717) is 17.7 Å². The first-order valence-corrected chi connectivity index (χ1v) is 5.55. The van der Waals surface area contributed by atoms with Crippen LogP contribution in [0.15, 0.2) is 18.3 Å². The van der Waals surface area contributed by atoms with Crippen LogP contribution in [-0.2, 0) is 0 Å². The van der Waals surface area contributed by atoms with Crippen molar-refractivity contribution in [1.82, 2.24) is 10.5 Å². The van der Waals surface area contributed by atoms with Crippen molar-refractivity contribution < 1.29 is 9.60 Å². The minimum atomic E-state index is -0.281. The van der Waals surface area contributed by atoms with E-state index >= 15 is 0 Å². The molecule has 1 aliphatic heterocycles. The highest BCUT2D eigenvalue weighted by Gasteiger charge is 2.58. The van der Waals surface area contributed by atoms with Gasteiger partial charge in [0, 0.05) is 31.3 Å². The predicted molar refractivity (Wildman–Crippen MR) is 59.5 cm³/mol. The molecular weight excluding hydrogens is 223 g/mol. The lowest BCUT2D eigenvalue weighted by Gasteiger charge is -2.20. The van der Waals surface area contributed by atoms with E-state index in [9.17, 15) is 4.39 Å². The van der Waals surface area contributed by atoms with Crippen LogP contribution >= 0.6 is 0 Å². The first-order chi connectivity index (χ1) is 8.20. The van der Waals surface area contributed by atoms with Gasteiger partial charge < -0.3 is 4.90 Å². The molecule has 2 heterocycles. The van der Waals surface area contributed by atoms with Gasteiger partial charge in [-0.1, -0.05) is 0 Å². The molecule has 90 valence electrons. The molecule has 1 aromatic heterocycles. The van der Waals surface area contributed by atoms with Gasteiger partial charge in [0.1, 0.15) is 17.5 Å². The second kappa shape index (κ2) is 3.66. The molecule has 1 saturated heterocycles. The van der Waals surface area contributed by atoms with Crippen molar-refractivity contribution in [2.24, 2.45) is 17.8 Å². The fourth-order valence-electron chi connectivity index (χ4n) is 2.78. The summed E-state index contributed by atoms with van der Waals surface area (Å²) in [6, 6.07) is 2.75. The number of anilines is 1. The van der Waals surface area contributed by atoms with Crippen LogP contribution in [0.2, 0.25) is 0 Å². The number of nitrogens with zero attached hydrogens (tertiary/aromatic N) is 2. The molecule has 0 unspecified atom stereocenters. The zero-order valence-corrected chi connectivity index (χ0v) is 9.10. The van der Waals surface area contributed by atoms with Gasteiger partial charge in [-0.3, -0.25) is 16.1 Å². The van der Waals surface area contributed by atoms with Crippen LogP contribution in [0.1, 0.15) is 0 Å². The molecule has 0 bridgehead atoms. The van der Waals surface area contributed by atoms with Gasteiger partial charge in [-0.25, -0.2) is 9.37 Å². The Balaban J connectivity index is 1.67. The molecule has 0 aromatic carbocycles. The Bertz CT molecular complexity index is 455. The van der Waals surface area contributed by atoms with Crippen LogP contribution in [0.25, 0.3) is 0 Å². The van der Waals surface area contributed by atoms with Gasteiger partial charge >= 0.3 is 0 Å². The molecule has 17 heavy (non-hydrogen) atoms. The normalized spacial score (nSPS) is 30.0. The lowest BCUT2D eigenvalue weighted by Crippen LogP contribution is -2.30. The number of hydrogen-bond acceptors (Lipinski definition) is 4. The van der Waals surface area contributed by atoms with E-state index < -0.39 is 0 Å². The van der Waals surface area contributed by atoms with E-state index in [-0.39, 0.29) is 17.6 Å². The van der Waals surface area contributed by atoms with Crippen LogP contribution in [0.5, 0.6) is 0 Å². The molecule has 3 rings (SSSR count). The van der Waals surface area contributed by atoms with Crippen molar-refractivity contribution in [1.29, 1.82) is 5.41 Å². The SMILES string of the molecule is N=C(NO)[C@H]1[C@@H]2CN(c3cc(F)ccn3)C[C@@H]21. The minimum Gasteiger partial charge on any atom is -0.356 e. The summed E-state index contributed by atoms with van der Waals surface area (Å²) < 4.78 is 13.0. The predicted octanol–water partition coefficient (Wildman–Crippen LogP) is 0.859. The van der Waals surface area contributed by atoms with Gasteiger partial charge in [0.2, 0.25) is 0 Å². The van der Waals surface area contributed by atoms with Crippen LogP contribution < -0.4 is 10.4 Å². The molecule has 0 radical (unpaired) electrons. The number of hydroxylamine groups is 1. The summed E-state index contributed by atoms with van der Waals surface area (Å²) in [4.78, 5) is 6.16. The monoisotopic (exact) mass is 236 g/mol. The summed E-state index contributed by atoms with van der Waals surface area (Å²) in [7, 11) is 0. The molecule has 2 fully saturated rings. The number of amidine groups is 1. The maximum absolute atomic E-state index is 13.0. The lowest BCUT2D eigenvalue weighted by molar-refractivity contribution is 0.228. The Labute approximate surface area is 97.7 Å². The van der Waals surface area contributed by atoms with Crippen LogP contribution in [0.3, 0.4) is 0 Å². The first-order valence-electron chi connectivity index (χ1n) is 5.55. The number of aromatic nitrogens is 1. The smallest absolute Gasteiger partial charge is 0.131 e. The molecule has 0 amide bonds. The van der Waals surface area contributed by atoms with E-state index in [0.717, 1.165) is 13.1 Å². The van der Waals surface area contributed by atoms with Gasteiger partial charge in [0.15, 0.2) is 0 Å². The van der Waals surface area contributed by atoms with Crippen molar-refractivity contribution in [3.63, 3.8) is 0 Å². The number of pyridine rings is 1. The van der Waals surface area contributed by atoms with E-state index in [2.05, 4.69) is 4.98 Å². The van der Waals surface area contributed by atoms with Crippen molar-refractivity contribution in [3.05, 3.63) is 24.1 Å². The van der Waals surface area contributed by atoms with Crippen LogP contribution in [0.4, 0.5) is 10.2 Å². The maximum atomic E-state index is 13.0. The Morgan fingerprint density at radius 1 is 1.53 bits per heavy atom. The second-order valence-corrected chi connectivity index (χ2v) is 4.62. The third kappa shape index (κ3) is 1.64. The molecule has 2 aliphatic rings. The zero-order valence-electron chi connectivity index (χ0n) is 9.10. The molecule has 3 atom stereocenters. The first kappa shape index (κ1) is 10.5. The van der Waals surface area contributed by atoms with Crippen molar-refractivity contribution in [2.75, 3.05) is 18.0 Å². The van der Waals surface area contributed by atoms with Gasteiger partial charge in [0.05, 0.1) is 0 Å². The quantitative estimate of drug-likeness (QED) is 0.404. The molecular formula is C11H13FN4O. The summed E-state index contributed by atoms with van der Waals surface area (Å²) in [6.45, 7) is 1.55. The number of rotatable bonds is 2. The summed E-state index contributed by atoms with van der Waals surface area (Å²) in [5.74, 6) is 1.45. The Morgan fingerprint density at radius 3 is 2.82 bits per heavy atom. The van der Waals surface area contributed by atoms with E-state index in [1.165, 1.54) is 18.3 Å². The summed E-state index contributed by atoms with van der Waals surface area (Å²) in [6.07, 6.45) is 1.46. The fraction of sp³-hybridized carbons (Fsp3) is 0.455. The van der Waals surface area contributed by atoms with Crippen LogP contribution in [0, 0.1) is 29.0 Å². The molecule has 1 saturated carbocycles. The van der Waals surface area contributed by atoms with Gasteiger partial charge in [0.25, 0.3) is 0 Å². The van der Waals surface area contributed by atoms with Crippen molar-refractivity contribution in [3.8, 4) is 0 Å². The number of nitrogens with one attached hydrogen (secondary N) is 2. The van der Waals surface area contributed by atoms with E-state index in [1.807, 2.05) is 10.4 Å². The zero-order chi connectivity index (χ0) is 12.0. The number of halogens is 1. The highest BCUT2D eigenvalue weighted by atomic mass is 19.1. The van der Waals surface area contributed by atoms with Gasteiger partial charge in [-0.05, 0) is 17.9 Å². The number of piperidine rings is 1. The summed E-state index contributed by atoms with van der Waals surface area (Å²) in [5.41, 5.74) is 1.91. The summed E-state index contributed by atoms with van der Waals surface area (Å²) >= 11 is 0. The van der Waals surface area contributed by atoms with E-state index in [1.54, 1.807) is 0 Å². The topological polar surface area (TPSA) is 72.2 Å². The third-order valence-electron chi connectivity index (χ3n) is 3.68. The largest absolute Gasteiger partial charge is 0.356 e. The highest BCUT2D eigenvalue weighted by molar-refractivity contribution is 5.84. The molecule has 5 nitrogen and oxygen atoms in total. The van der Waals surface area contributed by atoms with Gasteiger partial charge in [-0.15, -0.1) is 0 Å². The van der Waals surface area contributed by atoms with Crippen molar-refractivity contribution >= 4 is 11.7 Å². The van der Waals surface area contributed by atoms with Gasteiger partial charge in [-0.2, -0.15) is 0 Å². The molecule has 6 heteroatoms. The molecule has 1 aliphatic carbocycles. The maximum Gasteiger partial charge on any atom is 0.131 e. The average Bonchev–Trinajstić information content (AvgIpc) is 2.82. The molecule has 0 spiro atoms. The highest BCUT2D eigenvalue weighted by Crippen LogP contribution is 2.52. The minimum absolute atomic E-state index is 0.129. The molecule has 3 N–H and O–H groups in total. The fourth-order valence-corrected chi connectivity index (χ4v) is 2.78. The van der Waals surface area contributed by atoms with Crippen LogP contribution in [-0.4, -0.2) is 29.1 Å². The Hall–Kier alpha value is -1.69. The molecule has 1 aromatic rings. The number of fused-ring (bicyclic) bond motifs is 1. The van der Waals surface area contributed by atoms with Crippen molar-refractivity contribution in [2.45, 2.75) is 0 Å². The third-order valence-corrected chi connectivity index (χ3v) is 3.68. The summed E-state index contributed by atoms with van der Waals surface area (Å²) in [5, 5.41) is 16.2. The van der Waals surface area contributed by atoms with E-state index in [4.69, 9.17) is 10.6 Å². The Morgan fingerprint density at radius 2 is 2.24 bits per heavy atom. The lowest BCUT2D eigenvalue weighted by atomic mass is 10.2. The number of hydrogen-bond donors (Lipinski definition) is 3. The second-order valence-electron chi connectivity index (χ2n) is 4.62.